The lowest BCUT2D eigenvalue weighted by Crippen LogP contribution is -2.54. The molecule has 1 saturated heterocycles. The van der Waals surface area contributed by atoms with Gasteiger partial charge in [0, 0.05) is 18.8 Å². The smallest absolute Gasteiger partial charge is 0.306 e. The summed E-state index contributed by atoms with van der Waals surface area (Å²) < 4.78 is 5.63. The van der Waals surface area contributed by atoms with Gasteiger partial charge in [-0.25, -0.2) is 0 Å². The van der Waals surface area contributed by atoms with Crippen LogP contribution in [-0.4, -0.2) is 52.7 Å². The Morgan fingerprint density at radius 2 is 2.00 bits per heavy atom. The SMILES string of the molecule is CC1CN(C(=O)C2(Nc3ccccc3)CC2)CC(CC(=O)O)O1. The van der Waals surface area contributed by atoms with Crippen molar-refractivity contribution in [2.24, 2.45) is 0 Å². The van der Waals surface area contributed by atoms with Crippen molar-refractivity contribution in [1.82, 2.24) is 4.90 Å². The number of nitrogens with zero attached hydrogens (tertiary/aromatic N) is 1. The van der Waals surface area contributed by atoms with Crippen LogP contribution in [0.15, 0.2) is 30.3 Å². The van der Waals surface area contributed by atoms with Gasteiger partial charge in [-0.05, 0) is 31.9 Å². The summed E-state index contributed by atoms with van der Waals surface area (Å²) in [4.78, 5) is 25.6. The number of para-hydroxylation sites is 1. The van der Waals surface area contributed by atoms with Crippen LogP contribution in [-0.2, 0) is 14.3 Å². The number of nitrogens with one attached hydrogen (secondary N) is 1. The molecule has 6 heteroatoms. The zero-order valence-electron chi connectivity index (χ0n) is 13.2. The molecule has 1 aliphatic carbocycles. The van der Waals surface area contributed by atoms with E-state index in [1.807, 2.05) is 37.3 Å². The van der Waals surface area contributed by atoms with Crippen molar-refractivity contribution in [1.29, 1.82) is 0 Å². The molecule has 6 nitrogen and oxygen atoms in total. The number of ether oxygens (including phenoxy) is 1. The number of hydrogen-bond donors (Lipinski definition) is 2. The molecule has 1 saturated carbocycles. The van der Waals surface area contributed by atoms with Crippen molar-refractivity contribution < 1.29 is 19.4 Å². The van der Waals surface area contributed by atoms with Crippen LogP contribution >= 0.6 is 0 Å². The zero-order chi connectivity index (χ0) is 16.4. The van der Waals surface area contributed by atoms with E-state index in [1.165, 1.54) is 0 Å². The van der Waals surface area contributed by atoms with E-state index < -0.39 is 17.6 Å². The van der Waals surface area contributed by atoms with Gasteiger partial charge in [-0.2, -0.15) is 0 Å². The highest BCUT2D eigenvalue weighted by molar-refractivity contribution is 5.92. The Kier molecular flexibility index (Phi) is 4.26. The van der Waals surface area contributed by atoms with Gasteiger partial charge in [0.1, 0.15) is 5.54 Å². The van der Waals surface area contributed by atoms with Crippen molar-refractivity contribution in [2.75, 3.05) is 18.4 Å². The number of amides is 1. The molecule has 1 amide bonds. The van der Waals surface area contributed by atoms with Gasteiger partial charge in [0.25, 0.3) is 0 Å². The average Bonchev–Trinajstić information content (AvgIpc) is 3.27. The quantitative estimate of drug-likeness (QED) is 0.864. The Balaban J connectivity index is 1.68. The van der Waals surface area contributed by atoms with Crippen LogP contribution in [0.25, 0.3) is 0 Å². The van der Waals surface area contributed by atoms with Crippen LogP contribution in [0.2, 0.25) is 0 Å². The van der Waals surface area contributed by atoms with E-state index in [0.717, 1.165) is 18.5 Å². The number of benzene rings is 1. The maximum atomic E-state index is 12.9. The second-order valence-corrected chi connectivity index (χ2v) is 6.45. The Hall–Kier alpha value is -2.08. The van der Waals surface area contributed by atoms with Crippen LogP contribution in [0.1, 0.15) is 26.2 Å². The van der Waals surface area contributed by atoms with E-state index in [4.69, 9.17) is 9.84 Å². The van der Waals surface area contributed by atoms with Gasteiger partial charge in [0.05, 0.1) is 18.6 Å². The van der Waals surface area contributed by atoms with E-state index >= 15 is 0 Å². The lowest BCUT2D eigenvalue weighted by molar-refractivity contribution is -0.154. The summed E-state index contributed by atoms with van der Waals surface area (Å²) in [6, 6.07) is 9.70. The standard InChI is InChI=1S/C17H22N2O4/c1-12-10-19(11-14(23-12)9-15(20)21)16(22)17(7-8-17)18-13-5-3-2-4-6-13/h2-6,12,14,18H,7-11H2,1H3,(H,20,21). The largest absolute Gasteiger partial charge is 0.481 e. The molecule has 0 aromatic heterocycles. The minimum absolute atomic E-state index is 0.0480. The van der Waals surface area contributed by atoms with Gasteiger partial charge in [-0.1, -0.05) is 18.2 Å². The first-order valence-corrected chi connectivity index (χ1v) is 7.98. The van der Waals surface area contributed by atoms with E-state index in [1.54, 1.807) is 4.90 Å². The second kappa shape index (κ2) is 6.20. The molecule has 0 bridgehead atoms. The molecule has 2 N–H and O–H groups in total. The molecule has 1 heterocycles. The Morgan fingerprint density at radius 1 is 1.30 bits per heavy atom. The van der Waals surface area contributed by atoms with Crippen LogP contribution in [0.4, 0.5) is 5.69 Å². The molecule has 23 heavy (non-hydrogen) atoms. The minimum atomic E-state index is -0.903. The van der Waals surface area contributed by atoms with Gasteiger partial charge >= 0.3 is 5.97 Å². The Morgan fingerprint density at radius 3 is 2.61 bits per heavy atom. The molecule has 0 spiro atoms. The first-order chi connectivity index (χ1) is 11.0. The molecule has 2 fully saturated rings. The highest BCUT2D eigenvalue weighted by Gasteiger charge is 2.52. The second-order valence-electron chi connectivity index (χ2n) is 6.45. The van der Waals surface area contributed by atoms with Crippen molar-refractivity contribution in [3.8, 4) is 0 Å². The van der Waals surface area contributed by atoms with Crippen molar-refractivity contribution in [2.45, 2.75) is 43.9 Å². The number of hydrogen-bond acceptors (Lipinski definition) is 4. The lowest BCUT2D eigenvalue weighted by Gasteiger charge is -2.38. The number of anilines is 1. The molecule has 2 atom stereocenters. The summed E-state index contributed by atoms with van der Waals surface area (Å²) in [6.07, 6.45) is 0.941. The molecule has 3 rings (SSSR count). The Labute approximate surface area is 135 Å². The molecule has 2 unspecified atom stereocenters. The number of carboxylic acid groups (broad SMARTS) is 1. The van der Waals surface area contributed by atoms with E-state index in [9.17, 15) is 9.59 Å². The third kappa shape index (κ3) is 3.64. The summed E-state index contributed by atoms with van der Waals surface area (Å²) in [7, 11) is 0. The van der Waals surface area contributed by atoms with Gasteiger partial charge in [0.2, 0.25) is 5.91 Å². The number of carbonyl (C=O) groups is 2. The summed E-state index contributed by atoms with van der Waals surface area (Å²) in [6.45, 7) is 2.72. The minimum Gasteiger partial charge on any atom is -0.481 e. The average molecular weight is 318 g/mol. The number of carbonyl (C=O) groups excluding carboxylic acids is 1. The van der Waals surface area contributed by atoms with Gasteiger partial charge < -0.3 is 20.1 Å². The fourth-order valence-electron chi connectivity index (χ4n) is 3.14. The van der Waals surface area contributed by atoms with Gasteiger partial charge in [-0.15, -0.1) is 0 Å². The fourth-order valence-corrected chi connectivity index (χ4v) is 3.14. The third-order valence-corrected chi connectivity index (χ3v) is 4.33. The zero-order valence-corrected chi connectivity index (χ0v) is 13.2. The molecule has 1 aliphatic heterocycles. The topological polar surface area (TPSA) is 78.9 Å². The fraction of sp³-hybridized carbons (Fsp3) is 0.529. The van der Waals surface area contributed by atoms with Gasteiger partial charge in [-0.3, -0.25) is 9.59 Å². The molecule has 124 valence electrons. The number of morpholine rings is 1. The van der Waals surface area contributed by atoms with E-state index in [-0.39, 0.29) is 18.4 Å². The van der Waals surface area contributed by atoms with Crippen LogP contribution in [0, 0.1) is 0 Å². The van der Waals surface area contributed by atoms with Crippen LogP contribution in [0.3, 0.4) is 0 Å². The predicted octanol–water partition coefficient (Wildman–Crippen LogP) is 1.72. The molecule has 0 radical (unpaired) electrons. The maximum Gasteiger partial charge on any atom is 0.306 e. The Bertz CT molecular complexity index is 586. The first-order valence-electron chi connectivity index (χ1n) is 7.98. The molecular formula is C17H22N2O4. The number of rotatable bonds is 5. The monoisotopic (exact) mass is 318 g/mol. The molecule has 1 aromatic rings. The van der Waals surface area contributed by atoms with E-state index in [2.05, 4.69) is 5.32 Å². The van der Waals surface area contributed by atoms with Crippen LogP contribution < -0.4 is 5.32 Å². The number of carboxylic acids is 1. The normalized spacial score (nSPS) is 25.7. The lowest BCUT2D eigenvalue weighted by atomic mass is 10.1. The van der Waals surface area contributed by atoms with Gasteiger partial charge in [0.15, 0.2) is 0 Å². The summed E-state index contributed by atoms with van der Waals surface area (Å²) in [5.41, 5.74) is 0.397. The maximum absolute atomic E-state index is 12.9. The number of aliphatic carboxylic acids is 1. The first kappa shape index (κ1) is 15.8. The van der Waals surface area contributed by atoms with Crippen molar-refractivity contribution in [3.63, 3.8) is 0 Å². The van der Waals surface area contributed by atoms with Crippen molar-refractivity contribution >= 4 is 17.6 Å². The van der Waals surface area contributed by atoms with Crippen LogP contribution in [0.5, 0.6) is 0 Å². The predicted molar refractivity (Wildman–Crippen MR) is 85.2 cm³/mol. The van der Waals surface area contributed by atoms with Crippen molar-refractivity contribution in [3.05, 3.63) is 30.3 Å². The highest BCUT2D eigenvalue weighted by atomic mass is 16.5. The summed E-state index contributed by atoms with van der Waals surface area (Å²) in [5, 5.41) is 12.3. The molecule has 2 aliphatic rings. The third-order valence-electron chi connectivity index (χ3n) is 4.33. The summed E-state index contributed by atoms with van der Waals surface area (Å²) >= 11 is 0. The highest BCUT2D eigenvalue weighted by Crippen LogP contribution is 2.41. The van der Waals surface area contributed by atoms with E-state index in [0.29, 0.717) is 13.1 Å². The molecular weight excluding hydrogens is 296 g/mol. The molecule has 1 aromatic carbocycles. The summed E-state index contributed by atoms with van der Waals surface area (Å²) in [5.74, 6) is -0.855.